The van der Waals surface area contributed by atoms with Crippen molar-refractivity contribution in [2.45, 2.75) is 56.5 Å². The zero-order chi connectivity index (χ0) is 17.1. The minimum Gasteiger partial charge on any atom is -0.381 e. The molecular formula is C18H28N4O3. The van der Waals surface area contributed by atoms with E-state index in [-0.39, 0.29) is 11.9 Å². The summed E-state index contributed by atoms with van der Waals surface area (Å²) in [4.78, 5) is 15.2. The number of anilines is 1. The van der Waals surface area contributed by atoms with E-state index >= 15 is 0 Å². The van der Waals surface area contributed by atoms with Crippen LogP contribution in [0.25, 0.3) is 0 Å². The predicted molar refractivity (Wildman–Crippen MR) is 93.6 cm³/mol. The van der Waals surface area contributed by atoms with Crippen LogP contribution in [0.3, 0.4) is 0 Å². The summed E-state index contributed by atoms with van der Waals surface area (Å²) < 4.78 is 11.1. The number of nitrogens with one attached hydrogen (secondary N) is 2. The Hall–Kier alpha value is -1.44. The highest BCUT2D eigenvalue weighted by Gasteiger charge is 2.35. The van der Waals surface area contributed by atoms with E-state index in [0.29, 0.717) is 31.0 Å². The van der Waals surface area contributed by atoms with Crippen molar-refractivity contribution in [1.29, 1.82) is 0 Å². The standard InChI is InChI=1S/C18H28N4O3/c23-18(16-12-25-9-7-22(16)14-5-1-2-6-14)19-17-10-15(20-21-17)13-4-3-8-24-11-13/h10,13-14,16H,1-9,11-12H2,(H2,19,20,21,23)/t13-,16+/m1/s1. The van der Waals surface area contributed by atoms with Crippen LogP contribution in [-0.4, -0.2) is 66.1 Å². The molecule has 0 radical (unpaired) electrons. The minimum absolute atomic E-state index is 0.00968. The molecule has 2 N–H and O–H groups in total. The van der Waals surface area contributed by atoms with E-state index in [2.05, 4.69) is 20.4 Å². The number of hydrogen-bond donors (Lipinski definition) is 2. The van der Waals surface area contributed by atoms with E-state index in [1.807, 2.05) is 6.07 Å². The Balaban J connectivity index is 1.39. The maximum absolute atomic E-state index is 12.8. The van der Waals surface area contributed by atoms with Gasteiger partial charge >= 0.3 is 0 Å². The summed E-state index contributed by atoms with van der Waals surface area (Å²) in [6, 6.07) is 2.25. The molecule has 1 amide bonds. The molecule has 7 heteroatoms. The number of aromatic amines is 1. The molecule has 1 aliphatic carbocycles. The first-order valence-electron chi connectivity index (χ1n) is 9.58. The first-order chi connectivity index (χ1) is 12.3. The number of hydrogen-bond acceptors (Lipinski definition) is 5. The van der Waals surface area contributed by atoms with Crippen molar-refractivity contribution < 1.29 is 14.3 Å². The fraction of sp³-hybridized carbons (Fsp3) is 0.778. The number of morpholine rings is 1. The summed E-state index contributed by atoms with van der Waals surface area (Å²) in [6.45, 7) is 3.59. The van der Waals surface area contributed by atoms with E-state index in [4.69, 9.17) is 9.47 Å². The number of ether oxygens (including phenoxy) is 2. The Kier molecular flexibility index (Phi) is 5.33. The molecule has 4 rings (SSSR count). The average molecular weight is 348 g/mol. The molecule has 0 unspecified atom stereocenters. The van der Waals surface area contributed by atoms with Gasteiger partial charge in [0, 0.05) is 36.9 Å². The summed E-state index contributed by atoms with van der Waals surface area (Å²) in [6.07, 6.45) is 7.09. The van der Waals surface area contributed by atoms with Crippen LogP contribution >= 0.6 is 0 Å². The fourth-order valence-electron chi connectivity index (χ4n) is 4.32. The van der Waals surface area contributed by atoms with Crippen LogP contribution in [-0.2, 0) is 14.3 Å². The summed E-state index contributed by atoms with van der Waals surface area (Å²) in [5, 5.41) is 10.3. The SMILES string of the molecule is O=C(Nc1cc([C@@H]2CCCOC2)[nH]n1)[C@@H]1COCCN1C1CCCC1. The second-order valence-electron chi connectivity index (χ2n) is 7.38. The lowest BCUT2D eigenvalue weighted by Gasteiger charge is -2.38. The summed E-state index contributed by atoms with van der Waals surface area (Å²) in [5.41, 5.74) is 1.04. The maximum Gasteiger partial charge on any atom is 0.245 e. The number of rotatable bonds is 4. The van der Waals surface area contributed by atoms with Crippen molar-refractivity contribution in [2.24, 2.45) is 0 Å². The lowest BCUT2D eigenvalue weighted by atomic mass is 9.99. The molecule has 0 bridgehead atoms. The second kappa shape index (κ2) is 7.85. The van der Waals surface area contributed by atoms with Crippen molar-refractivity contribution >= 4 is 11.7 Å². The van der Waals surface area contributed by atoms with Crippen LogP contribution in [0.15, 0.2) is 6.07 Å². The van der Waals surface area contributed by atoms with Gasteiger partial charge in [-0.1, -0.05) is 12.8 Å². The third kappa shape index (κ3) is 3.88. The van der Waals surface area contributed by atoms with Crippen molar-refractivity contribution in [3.63, 3.8) is 0 Å². The van der Waals surface area contributed by atoms with Crippen LogP contribution in [0.4, 0.5) is 5.82 Å². The normalized spacial score (nSPS) is 29.0. The molecule has 0 spiro atoms. The molecule has 1 aromatic heterocycles. The average Bonchev–Trinajstić information content (AvgIpc) is 3.34. The number of nitrogens with zero attached hydrogens (tertiary/aromatic N) is 2. The quantitative estimate of drug-likeness (QED) is 0.869. The van der Waals surface area contributed by atoms with Crippen molar-refractivity contribution in [2.75, 3.05) is 38.3 Å². The molecule has 3 fully saturated rings. The minimum atomic E-state index is -0.213. The van der Waals surface area contributed by atoms with E-state index in [1.165, 1.54) is 25.7 Å². The van der Waals surface area contributed by atoms with Gasteiger partial charge in [0.2, 0.25) is 5.91 Å². The highest BCUT2D eigenvalue weighted by atomic mass is 16.5. The number of H-pyrrole nitrogens is 1. The Morgan fingerprint density at radius 3 is 2.80 bits per heavy atom. The molecule has 3 aliphatic rings. The van der Waals surface area contributed by atoms with E-state index < -0.39 is 0 Å². The van der Waals surface area contributed by atoms with E-state index in [9.17, 15) is 4.79 Å². The maximum atomic E-state index is 12.8. The van der Waals surface area contributed by atoms with Gasteiger partial charge in [0.15, 0.2) is 5.82 Å². The third-order valence-electron chi connectivity index (χ3n) is 5.72. The highest BCUT2D eigenvalue weighted by Crippen LogP contribution is 2.28. The van der Waals surface area contributed by atoms with Gasteiger partial charge in [0.1, 0.15) is 6.04 Å². The van der Waals surface area contributed by atoms with Gasteiger partial charge in [-0.3, -0.25) is 14.8 Å². The summed E-state index contributed by atoms with van der Waals surface area (Å²) in [7, 11) is 0. The molecule has 2 saturated heterocycles. The molecule has 25 heavy (non-hydrogen) atoms. The van der Waals surface area contributed by atoms with Gasteiger partial charge in [-0.2, -0.15) is 5.10 Å². The van der Waals surface area contributed by atoms with Crippen molar-refractivity contribution in [3.8, 4) is 0 Å². The van der Waals surface area contributed by atoms with Crippen molar-refractivity contribution in [3.05, 3.63) is 11.8 Å². The molecule has 2 aliphatic heterocycles. The lowest BCUT2D eigenvalue weighted by molar-refractivity contribution is -0.129. The molecule has 3 heterocycles. The molecular weight excluding hydrogens is 320 g/mol. The van der Waals surface area contributed by atoms with Crippen LogP contribution in [0.5, 0.6) is 0 Å². The summed E-state index contributed by atoms with van der Waals surface area (Å²) >= 11 is 0. The Morgan fingerprint density at radius 1 is 1.16 bits per heavy atom. The highest BCUT2D eigenvalue weighted by molar-refractivity contribution is 5.94. The molecule has 7 nitrogen and oxygen atoms in total. The van der Waals surface area contributed by atoms with E-state index in [1.54, 1.807) is 0 Å². The second-order valence-corrected chi connectivity index (χ2v) is 7.38. The Labute approximate surface area is 148 Å². The molecule has 2 atom stereocenters. The van der Waals surface area contributed by atoms with Gasteiger partial charge in [0.05, 0.1) is 19.8 Å². The largest absolute Gasteiger partial charge is 0.381 e. The Morgan fingerprint density at radius 2 is 2.00 bits per heavy atom. The van der Waals surface area contributed by atoms with Gasteiger partial charge < -0.3 is 14.8 Å². The first-order valence-corrected chi connectivity index (χ1v) is 9.58. The van der Waals surface area contributed by atoms with E-state index in [0.717, 1.165) is 38.3 Å². The smallest absolute Gasteiger partial charge is 0.245 e. The number of carbonyl (C=O) groups excluding carboxylic acids is 1. The fourth-order valence-corrected chi connectivity index (χ4v) is 4.32. The van der Waals surface area contributed by atoms with Crippen LogP contribution in [0.2, 0.25) is 0 Å². The molecule has 1 aromatic rings. The van der Waals surface area contributed by atoms with Gasteiger partial charge in [-0.25, -0.2) is 0 Å². The van der Waals surface area contributed by atoms with Crippen LogP contribution in [0.1, 0.15) is 50.1 Å². The number of aromatic nitrogens is 2. The van der Waals surface area contributed by atoms with Gasteiger partial charge in [0.25, 0.3) is 0 Å². The molecule has 0 aromatic carbocycles. The lowest BCUT2D eigenvalue weighted by Crippen LogP contribution is -2.55. The van der Waals surface area contributed by atoms with Gasteiger partial charge in [-0.15, -0.1) is 0 Å². The number of amides is 1. The third-order valence-corrected chi connectivity index (χ3v) is 5.72. The molecule has 1 saturated carbocycles. The summed E-state index contributed by atoms with van der Waals surface area (Å²) in [5.74, 6) is 0.937. The Bertz CT molecular complexity index is 579. The zero-order valence-corrected chi connectivity index (χ0v) is 14.7. The van der Waals surface area contributed by atoms with Gasteiger partial charge in [-0.05, 0) is 25.7 Å². The van der Waals surface area contributed by atoms with Crippen LogP contribution in [0, 0.1) is 0 Å². The monoisotopic (exact) mass is 348 g/mol. The predicted octanol–water partition coefficient (Wildman–Crippen LogP) is 1.89. The first kappa shape index (κ1) is 17.0. The van der Waals surface area contributed by atoms with Crippen LogP contribution < -0.4 is 5.32 Å². The molecule has 138 valence electrons. The zero-order valence-electron chi connectivity index (χ0n) is 14.7. The van der Waals surface area contributed by atoms with Crippen molar-refractivity contribution in [1.82, 2.24) is 15.1 Å². The topological polar surface area (TPSA) is 79.5 Å². The number of carbonyl (C=O) groups is 1.